The van der Waals surface area contributed by atoms with E-state index in [1.165, 1.54) is 14.0 Å². The number of esters is 1. The third kappa shape index (κ3) is 3.13. The number of likely N-dealkylation sites (N-methyl/N-ethyl adjacent to an activating group) is 1. The molecule has 1 rings (SSSR count). The average Bonchev–Trinajstić information content (AvgIpc) is 2.36. The number of para-hydroxylation sites is 2. The van der Waals surface area contributed by atoms with Crippen molar-refractivity contribution in [2.24, 2.45) is 0 Å². The lowest BCUT2D eigenvalue weighted by Crippen LogP contribution is -2.46. The SMILES string of the molecule is COC(=O)C(C)(O)CN(C)c1ccccc1OC. The predicted molar refractivity (Wildman–Crippen MR) is 68.9 cm³/mol. The van der Waals surface area contributed by atoms with E-state index in [0.29, 0.717) is 5.75 Å². The Balaban J connectivity index is 2.88. The summed E-state index contributed by atoms with van der Waals surface area (Å²) in [7, 11) is 4.60. The van der Waals surface area contributed by atoms with E-state index in [9.17, 15) is 9.90 Å². The Morgan fingerprint density at radius 3 is 2.56 bits per heavy atom. The van der Waals surface area contributed by atoms with E-state index in [4.69, 9.17) is 4.74 Å². The Labute approximate surface area is 107 Å². The quantitative estimate of drug-likeness (QED) is 0.795. The number of hydrogen-bond donors (Lipinski definition) is 1. The van der Waals surface area contributed by atoms with Crippen LogP contribution in [0, 0.1) is 0 Å². The second-order valence-corrected chi connectivity index (χ2v) is 4.29. The van der Waals surface area contributed by atoms with E-state index in [0.717, 1.165) is 5.69 Å². The lowest BCUT2D eigenvalue weighted by molar-refractivity contribution is -0.159. The molecule has 0 aliphatic heterocycles. The third-order valence-corrected chi connectivity index (χ3v) is 2.67. The minimum Gasteiger partial charge on any atom is -0.495 e. The van der Waals surface area contributed by atoms with Gasteiger partial charge in [0.2, 0.25) is 0 Å². The van der Waals surface area contributed by atoms with E-state index in [1.54, 1.807) is 19.1 Å². The fourth-order valence-electron chi connectivity index (χ4n) is 1.78. The van der Waals surface area contributed by atoms with E-state index in [2.05, 4.69) is 4.74 Å². The molecule has 0 saturated heterocycles. The van der Waals surface area contributed by atoms with Gasteiger partial charge in [0, 0.05) is 7.05 Å². The van der Waals surface area contributed by atoms with Crippen LogP contribution in [0.3, 0.4) is 0 Å². The van der Waals surface area contributed by atoms with Crippen LogP contribution >= 0.6 is 0 Å². The number of hydrogen-bond acceptors (Lipinski definition) is 5. The Bertz CT molecular complexity index is 417. The van der Waals surface area contributed by atoms with Crippen LogP contribution in [0.4, 0.5) is 5.69 Å². The van der Waals surface area contributed by atoms with Gasteiger partial charge < -0.3 is 19.5 Å². The van der Waals surface area contributed by atoms with Crippen molar-refractivity contribution in [3.05, 3.63) is 24.3 Å². The van der Waals surface area contributed by atoms with Crippen LogP contribution in [0.2, 0.25) is 0 Å². The molecule has 0 bridgehead atoms. The molecule has 0 heterocycles. The summed E-state index contributed by atoms with van der Waals surface area (Å²) >= 11 is 0. The van der Waals surface area contributed by atoms with Crippen LogP contribution in [-0.2, 0) is 9.53 Å². The maximum atomic E-state index is 11.4. The smallest absolute Gasteiger partial charge is 0.339 e. The second-order valence-electron chi connectivity index (χ2n) is 4.29. The first-order valence-corrected chi connectivity index (χ1v) is 5.57. The first kappa shape index (κ1) is 14.3. The van der Waals surface area contributed by atoms with Crippen LogP contribution < -0.4 is 9.64 Å². The molecule has 1 aromatic carbocycles. The number of methoxy groups -OCH3 is 2. The number of carbonyl (C=O) groups is 1. The molecule has 1 unspecified atom stereocenters. The summed E-state index contributed by atoms with van der Waals surface area (Å²) < 4.78 is 9.79. The minimum absolute atomic E-state index is 0.111. The monoisotopic (exact) mass is 253 g/mol. The summed E-state index contributed by atoms with van der Waals surface area (Å²) in [6.07, 6.45) is 0. The maximum Gasteiger partial charge on any atom is 0.339 e. The fourth-order valence-corrected chi connectivity index (χ4v) is 1.78. The topological polar surface area (TPSA) is 59.0 Å². The lowest BCUT2D eigenvalue weighted by atomic mass is 10.1. The number of ether oxygens (including phenoxy) is 2. The van der Waals surface area contributed by atoms with Crippen molar-refractivity contribution in [2.75, 3.05) is 32.7 Å². The molecule has 0 aliphatic carbocycles. The van der Waals surface area contributed by atoms with E-state index < -0.39 is 11.6 Å². The molecule has 1 N–H and O–H groups in total. The molecular formula is C13H19NO4. The Hall–Kier alpha value is -1.75. The molecule has 0 fully saturated rings. The fraction of sp³-hybridized carbons (Fsp3) is 0.462. The van der Waals surface area contributed by atoms with Gasteiger partial charge in [-0.05, 0) is 19.1 Å². The highest BCUT2D eigenvalue weighted by molar-refractivity contribution is 5.79. The van der Waals surface area contributed by atoms with Crippen molar-refractivity contribution in [1.82, 2.24) is 0 Å². The van der Waals surface area contributed by atoms with Gasteiger partial charge in [-0.15, -0.1) is 0 Å². The van der Waals surface area contributed by atoms with E-state index >= 15 is 0 Å². The molecule has 0 amide bonds. The van der Waals surface area contributed by atoms with Gasteiger partial charge in [-0.25, -0.2) is 4.79 Å². The molecule has 0 radical (unpaired) electrons. The molecule has 0 aromatic heterocycles. The first-order chi connectivity index (χ1) is 8.42. The standard InChI is InChI=1S/C13H19NO4/c1-13(16,12(15)18-4)9-14(2)10-7-5-6-8-11(10)17-3/h5-8,16H,9H2,1-4H3. The van der Waals surface area contributed by atoms with Crippen LogP contribution in [0.25, 0.3) is 0 Å². The summed E-state index contributed by atoms with van der Waals surface area (Å²) in [4.78, 5) is 13.2. The van der Waals surface area contributed by atoms with Crippen LogP contribution in [0.1, 0.15) is 6.92 Å². The van der Waals surface area contributed by atoms with Crippen molar-refractivity contribution < 1.29 is 19.4 Å². The van der Waals surface area contributed by atoms with Crippen LogP contribution in [0.15, 0.2) is 24.3 Å². The molecule has 100 valence electrons. The molecule has 1 aromatic rings. The zero-order valence-electron chi connectivity index (χ0n) is 11.1. The number of nitrogens with zero attached hydrogens (tertiary/aromatic N) is 1. The summed E-state index contributed by atoms with van der Waals surface area (Å²) in [6, 6.07) is 7.39. The number of rotatable bonds is 5. The Kier molecular flexibility index (Phi) is 4.55. The number of carbonyl (C=O) groups excluding carboxylic acids is 1. The summed E-state index contributed by atoms with van der Waals surface area (Å²) in [5.41, 5.74) is -0.770. The highest BCUT2D eigenvalue weighted by atomic mass is 16.5. The Morgan fingerprint density at radius 1 is 1.39 bits per heavy atom. The molecule has 1 atom stereocenters. The minimum atomic E-state index is -1.57. The molecule has 0 aliphatic rings. The third-order valence-electron chi connectivity index (χ3n) is 2.67. The molecule has 5 heteroatoms. The number of benzene rings is 1. The van der Waals surface area contributed by atoms with E-state index in [-0.39, 0.29) is 6.54 Å². The van der Waals surface area contributed by atoms with E-state index in [1.807, 2.05) is 24.3 Å². The van der Waals surface area contributed by atoms with Crippen molar-refractivity contribution in [1.29, 1.82) is 0 Å². The van der Waals surface area contributed by atoms with Gasteiger partial charge in [0.15, 0.2) is 5.60 Å². The van der Waals surface area contributed by atoms with Crippen molar-refractivity contribution >= 4 is 11.7 Å². The number of aliphatic hydroxyl groups is 1. The molecule has 0 saturated carbocycles. The summed E-state index contributed by atoms with van der Waals surface area (Å²) in [5, 5.41) is 10.0. The molecular weight excluding hydrogens is 234 g/mol. The zero-order valence-corrected chi connectivity index (χ0v) is 11.1. The predicted octanol–water partition coefficient (Wildman–Crippen LogP) is 1.06. The second kappa shape index (κ2) is 5.73. The van der Waals surface area contributed by atoms with Gasteiger partial charge in [0.1, 0.15) is 5.75 Å². The molecule has 0 spiro atoms. The van der Waals surface area contributed by atoms with Gasteiger partial charge >= 0.3 is 5.97 Å². The van der Waals surface area contributed by atoms with Crippen molar-refractivity contribution in [2.45, 2.75) is 12.5 Å². The molecule has 5 nitrogen and oxygen atoms in total. The van der Waals surface area contributed by atoms with Crippen molar-refractivity contribution in [3.63, 3.8) is 0 Å². The van der Waals surface area contributed by atoms with Gasteiger partial charge in [-0.1, -0.05) is 12.1 Å². The Morgan fingerprint density at radius 2 is 2.00 bits per heavy atom. The summed E-state index contributed by atoms with van der Waals surface area (Å²) in [5.74, 6) is 0.0184. The van der Waals surface area contributed by atoms with Gasteiger partial charge in [-0.3, -0.25) is 0 Å². The lowest BCUT2D eigenvalue weighted by Gasteiger charge is -2.29. The van der Waals surface area contributed by atoms with Gasteiger partial charge in [0.25, 0.3) is 0 Å². The van der Waals surface area contributed by atoms with Crippen molar-refractivity contribution in [3.8, 4) is 5.75 Å². The molecule has 18 heavy (non-hydrogen) atoms. The largest absolute Gasteiger partial charge is 0.495 e. The maximum absolute atomic E-state index is 11.4. The van der Waals surface area contributed by atoms with Gasteiger partial charge in [-0.2, -0.15) is 0 Å². The highest BCUT2D eigenvalue weighted by Gasteiger charge is 2.33. The van der Waals surface area contributed by atoms with Crippen LogP contribution in [-0.4, -0.2) is 44.5 Å². The number of anilines is 1. The average molecular weight is 253 g/mol. The summed E-state index contributed by atoms with van der Waals surface area (Å²) in [6.45, 7) is 1.53. The van der Waals surface area contributed by atoms with Crippen LogP contribution in [0.5, 0.6) is 5.75 Å². The first-order valence-electron chi connectivity index (χ1n) is 5.57. The van der Waals surface area contributed by atoms with Gasteiger partial charge in [0.05, 0.1) is 26.5 Å². The zero-order chi connectivity index (χ0) is 13.8. The normalized spacial score (nSPS) is 13.6. The highest BCUT2D eigenvalue weighted by Crippen LogP contribution is 2.27.